The molecule has 1 N–H and O–H groups in total. The molecule has 0 saturated carbocycles. The Labute approximate surface area is 127 Å². The normalized spacial score (nSPS) is 20.3. The van der Waals surface area contributed by atoms with E-state index < -0.39 is 0 Å². The van der Waals surface area contributed by atoms with Crippen molar-refractivity contribution in [3.8, 4) is 0 Å². The van der Waals surface area contributed by atoms with Gasteiger partial charge in [-0.15, -0.1) is 11.3 Å². The van der Waals surface area contributed by atoms with E-state index in [9.17, 15) is 0 Å². The maximum Gasteiger partial charge on any atom is 0.0957 e. The van der Waals surface area contributed by atoms with Crippen LogP contribution in [0.4, 0.5) is 0 Å². The molecule has 1 unspecified atom stereocenters. The third-order valence-electron chi connectivity index (χ3n) is 3.61. The maximum absolute atomic E-state index is 5.83. The van der Waals surface area contributed by atoms with Crippen LogP contribution in [0.5, 0.6) is 0 Å². The zero-order chi connectivity index (χ0) is 14.6. The highest BCUT2D eigenvalue weighted by Gasteiger charge is 2.19. The zero-order valence-corrected chi connectivity index (χ0v) is 14.1. The molecule has 2 rings (SSSR count). The molecule has 0 bridgehead atoms. The Morgan fingerprint density at radius 2 is 2.15 bits per heavy atom. The molecule has 1 saturated heterocycles. The highest BCUT2D eigenvalue weighted by Crippen LogP contribution is 2.24. The van der Waals surface area contributed by atoms with Crippen LogP contribution in [0.3, 0.4) is 0 Å². The number of nitrogens with one attached hydrogen (secondary N) is 1. The SMILES string of the molecule is CCc1nc(CC2CCCCO2)sc1CNC(C)(C)C. The van der Waals surface area contributed by atoms with E-state index in [4.69, 9.17) is 9.72 Å². The van der Waals surface area contributed by atoms with Crippen LogP contribution in [0.2, 0.25) is 0 Å². The number of aromatic nitrogens is 1. The molecule has 114 valence electrons. The second kappa shape index (κ2) is 7.01. The lowest BCUT2D eigenvalue weighted by Gasteiger charge is -2.21. The monoisotopic (exact) mass is 296 g/mol. The largest absolute Gasteiger partial charge is 0.378 e. The summed E-state index contributed by atoms with van der Waals surface area (Å²) in [4.78, 5) is 6.22. The first kappa shape index (κ1) is 15.9. The maximum atomic E-state index is 5.83. The van der Waals surface area contributed by atoms with Gasteiger partial charge >= 0.3 is 0 Å². The van der Waals surface area contributed by atoms with Crippen LogP contribution >= 0.6 is 11.3 Å². The fraction of sp³-hybridized carbons (Fsp3) is 0.812. The minimum absolute atomic E-state index is 0.154. The highest BCUT2D eigenvalue weighted by atomic mass is 32.1. The smallest absolute Gasteiger partial charge is 0.0957 e. The predicted octanol–water partition coefficient (Wildman–Crippen LogP) is 3.71. The average molecular weight is 296 g/mol. The molecule has 20 heavy (non-hydrogen) atoms. The molecule has 3 nitrogen and oxygen atoms in total. The molecule has 1 fully saturated rings. The number of ether oxygens (including phenoxy) is 1. The van der Waals surface area contributed by atoms with Gasteiger partial charge in [0.25, 0.3) is 0 Å². The van der Waals surface area contributed by atoms with Crippen LogP contribution in [-0.4, -0.2) is 23.2 Å². The van der Waals surface area contributed by atoms with Crippen LogP contribution in [0.1, 0.15) is 62.5 Å². The lowest BCUT2D eigenvalue weighted by molar-refractivity contribution is 0.0167. The molecule has 0 aromatic carbocycles. The molecule has 0 radical (unpaired) electrons. The van der Waals surface area contributed by atoms with Crippen molar-refractivity contribution < 1.29 is 4.74 Å². The van der Waals surface area contributed by atoms with Crippen molar-refractivity contribution in [3.05, 3.63) is 15.6 Å². The minimum atomic E-state index is 0.154. The lowest BCUT2D eigenvalue weighted by Crippen LogP contribution is -2.35. The van der Waals surface area contributed by atoms with E-state index in [-0.39, 0.29) is 5.54 Å². The summed E-state index contributed by atoms with van der Waals surface area (Å²) in [6.45, 7) is 10.7. The summed E-state index contributed by atoms with van der Waals surface area (Å²) in [6, 6.07) is 0. The fourth-order valence-corrected chi connectivity index (χ4v) is 3.61. The van der Waals surface area contributed by atoms with E-state index in [0.29, 0.717) is 6.10 Å². The molecule has 1 aliphatic heterocycles. The van der Waals surface area contributed by atoms with Crippen molar-refractivity contribution >= 4 is 11.3 Å². The van der Waals surface area contributed by atoms with Crippen molar-refractivity contribution in [3.63, 3.8) is 0 Å². The Bertz CT molecular complexity index is 417. The fourth-order valence-electron chi connectivity index (χ4n) is 2.45. The molecule has 0 spiro atoms. The van der Waals surface area contributed by atoms with Gasteiger partial charge in [0.15, 0.2) is 0 Å². The first-order chi connectivity index (χ1) is 9.48. The van der Waals surface area contributed by atoms with Crippen LogP contribution in [-0.2, 0) is 24.1 Å². The molecule has 0 aliphatic carbocycles. The Balaban J connectivity index is 1.98. The summed E-state index contributed by atoms with van der Waals surface area (Å²) in [5.41, 5.74) is 1.42. The number of hydrogen-bond donors (Lipinski definition) is 1. The summed E-state index contributed by atoms with van der Waals surface area (Å²) in [5.74, 6) is 0. The van der Waals surface area contributed by atoms with Gasteiger partial charge < -0.3 is 10.1 Å². The van der Waals surface area contributed by atoms with E-state index in [1.807, 2.05) is 11.3 Å². The van der Waals surface area contributed by atoms with Crippen LogP contribution in [0.25, 0.3) is 0 Å². The van der Waals surface area contributed by atoms with Gasteiger partial charge in [-0.05, 0) is 46.5 Å². The average Bonchev–Trinajstić information content (AvgIpc) is 2.79. The van der Waals surface area contributed by atoms with Gasteiger partial charge in [-0.3, -0.25) is 0 Å². The van der Waals surface area contributed by atoms with E-state index >= 15 is 0 Å². The Hall–Kier alpha value is -0.450. The van der Waals surface area contributed by atoms with E-state index in [0.717, 1.165) is 26.0 Å². The summed E-state index contributed by atoms with van der Waals surface area (Å²) in [6.07, 6.45) is 6.11. The lowest BCUT2D eigenvalue weighted by atomic mass is 10.1. The van der Waals surface area contributed by atoms with Crippen LogP contribution in [0, 0.1) is 0 Å². The second-order valence-electron chi connectivity index (χ2n) is 6.63. The zero-order valence-electron chi connectivity index (χ0n) is 13.3. The standard InChI is InChI=1S/C16H28N2OS/c1-5-13-14(11-17-16(2,3)4)20-15(18-13)10-12-8-6-7-9-19-12/h12,17H,5-11H2,1-4H3. The number of thiazole rings is 1. The van der Waals surface area contributed by atoms with Crippen molar-refractivity contribution in [2.24, 2.45) is 0 Å². The first-order valence-corrected chi connectivity index (χ1v) is 8.63. The number of rotatable bonds is 5. The van der Waals surface area contributed by atoms with Crippen molar-refractivity contribution in [1.29, 1.82) is 0 Å². The van der Waals surface area contributed by atoms with E-state index in [1.54, 1.807) is 0 Å². The first-order valence-electron chi connectivity index (χ1n) is 7.82. The van der Waals surface area contributed by atoms with E-state index in [1.165, 1.54) is 34.8 Å². The third kappa shape index (κ3) is 4.83. The van der Waals surface area contributed by atoms with Gasteiger partial charge in [0, 0.05) is 30.0 Å². The van der Waals surface area contributed by atoms with Crippen LogP contribution in [0.15, 0.2) is 0 Å². The van der Waals surface area contributed by atoms with Crippen LogP contribution < -0.4 is 5.32 Å². The molecule has 1 aromatic rings. The van der Waals surface area contributed by atoms with Gasteiger partial charge in [0.05, 0.1) is 16.8 Å². The minimum Gasteiger partial charge on any atom is -0.378 e. The summed E-state index contributed by atoms with van der Waals surface area (Å²) in [5, 5.41) is 4.82. The quantitative estimate of drug-likeness (QED) is 0.899. The van der Waals surface area contributed by atoms with Crippen molar-refractivity contribution in [2.45, 2.75) is 78.0 Å². The highest BCUT2D eigenvalue weighted by molar-refractivity contribution is 7.11. The van der Waals surface area contributed by atoms with Gasteiger partial charge in [-0.2, -0.15) is 0 Å². The third-order valence-corrected chi connectivity index (χ3v) is 4.73. The summed E-state index contributed by atoms with van der Waals surface area (Å²) >= 11 is 1.86. The Morgan fingerprint density at radius 3 is 2.75 bits per heavy atom. The second-order valence-corrected chi connectivity index (χ2v) is 7.80. The van der Waals surface area contributed by atoms with Gasteiger partial charge in [0.1, 0.15) is 0 Å². The van der Waals surface area contributed by atoms with Gasteiger partial charge in [-0.1, -0.05) is 6.92 Å². The summed E-state index contributed by atoms with van der Waals surface area (Å²) in [7, 11) is 0. The van der Waals surface area contributed by atoms with Gasteiger partial charge in [-0.25, -0.2) is 4.98 Å². The number of nitrogens with zero attached hydrogens (tertiary/aromatic N) is 1. The molecular weight excluding hydrogens is 268 g/mol. The molecule has 1 aliphatic rings. The predicted molar refractivity (Wildman–Crippen MR) is 85.4 cm³/mol. The molecule has 2 heterocycles. The molecule has 0 amide bonds. The Kier molecular flexibility index (Phi) is 5.58. The molecular formula is C16H28N2OS. The number of aryl methyl sites for hydroxylation is 1. The molecule has 4 heteroatoms. The van der Waals surface area contributed by atoms with Gasteiger partial charge in [0.2, 0.25) is 0 Å². The summed E-state index contributed by atoms with van der Waals surface area (Å²) < 4.78 is 5.83. The number of hydrogen-bond acceptors (Lipinski definition) is 4. The van der Waals surface area contributed by atoms with E-state index in [2.05, 4.69) is 33.0 Å². The molecule has 1 atom stereocenters. The molecule has 1 aromatic heterocycles. The van der Waals surface area contributed by atoms with Crippen molar-refractivity contribution in [1.82, 2.24) is 10.3 Å². The Morgan fingerprint density at radius 1 is 1.35 bits per heavy atom. The topological polar surface area (TPSA) is 34.1 Å². The van der Waals surface area contributed by atoms with Crippen molar-refractivity contribution in [2.75, 3.05) is 6.61 Å².